The van der Waals surface area contributed by atoms with E-state index in [1.165, 1.54) is 0 Å². The Kier molecular flexibility index (Phi) is 6.20. The molecule has 0 fully saturated rings. The zero-order chi connectivity index (χ0) is 17.5. The average molecular weight is 361 g/mol. The van der Waals surface area contributed by atoms with Crippen molar-refractivity contribution >= 4 is 34.8 Å². The minimum atomic E-state index is 0.187. The summed E-state index contributed by atoms with van der Waals surface area (Å²) in [7, 11) is 0. The van der Waals surface area contributed by atoms with E-state index in [0.29, 0.717) is 34.8 Å². The van der Waals surface area contributed by atoms with Crippen molar-refractivity contribution in [3.8, 4) is 12.1 Å². The van der Waals surface area contributed by atoms with Crippen molar-refractivity contribution in [1.82, 2.24) is 9.97 Å². The first kappa shape index (κ1) is 17.8. The fourth-order valence-corrected chi connectivity index (χ4v) is 2.35. The number of anilines is 2. The van der Waals surface area contributed by atoms with Crippen molar-refractivity contribution in [2.45, 2.75) is 6.92 Å². The number of halogens is 2. The summed E-state index contributed by atoms with van der Waals surface area (Å²) in [5.41, 5.74) is 0.394. The number of aromatic nitrogens is 2. The molecule has 0 aliphatic heterocycles. The molecule has 0 spiro atoms. The van der Waals surface area contributed by atoms with E-state index in [0.717, 1.165) is 6.54 Å². The van der Waals surface area contributed by atoms with Crippen molar-refractivity contribution in [3.05, 3.63) is 45.7 Å². The van der Waals surface area contributed by atoms with Crippen LogP contribution in [0.4, 0.5) is 11.6 Å². The van der Waals surface area contributed by atoms with Gasteiger partial charge >= 0.3 is 0 Å². The molecule has 0 saturated heterocycles. The number of nitrogens with one attached hydrogen (secondary N) is 1. The third-order valence-electron chi connectivity index (χ3n) is 3.28. The fraction of sp³-hybridized carbons (Fsp3) is 0.250. The van der Waals surface area contributed by atoms with Gasteiger partial charge in [-0.1, -0.05) is 23.2 Å². The molecule has 2 aromatic heterocycles. The van der Waals surface area contributed by atoms with Crippen molar-refractivity contribution in [3.63, 3.8) is 0 Å². The lowest BCUT2D eigenvalue weighted by Gasteiger charge is -2.22. The molecule has 1 N–H and O–H groups in total. The highest BCUT2D eigenvalue weighted by Crippen LogP contribution is 2.19. The summed E-state index contributed by atoms with van der Waals surface area (Å²) in [5, 5.41) is 21.8. The number of rotatable bonds is 6. The van der Waals surface area contributed by atoms with Gasteiger partial charge in [-0.25, -0.2) is 9.97 Å². The first-order valence-electron chi connectivity index (χ1n) is 7.21. The largest absolute Gasteiger partial charge is 0.368 e. The van der Waals surface area contributed by atoms with Crippen LogP contribution in [0.25, 0.3) is 0 Å². The molecule has 122 valence electrons. The molecule has 6 nitrogen and oxygen atoms in total. The van der Waals surface area contributed by atoms with Gasteiger partial charge in [0.1, 0.15) is 23.8 Å². The Labute approximate surface area is 150 Å². The smallest absolute Gasteiger partial charge is 0.161 e. The van der Waals surface area contributed by atoms with Crippen LogP contribution in [0.1, 0.15) is 18.3 Å². The van der Waals surface area contributed by atoms with E-state index in [4.69, 9.17) is 33.7 Å². The Morgan fingerprint density at radius 2 is 1.67 bits per heavy atom. The number of pyridine rings is 2. The number of hydrogen-bond acceptors (Lipinski definition) is 6. The van der Waals surface area contributed by atoms with Gasteiger partial charge in [0.25, 0.3) is 0 Å². The lowest BCUT2D eigenvalue weighted by Crippen LogP contribution is -2.29. The quantitative estimate of drug-likeness (QED) is 0.848. The monoisotopic (exact) mass is 360 g/mol. The number of nitrogens with zero attached hydrogens (tertiary/aromatic N) is 5. The van der Waals surface area contributed by atoms with E-state index in [1.54, 1.807) is 24.3 Å². The van der Waals surface area contributed by atoms with E-state index < -0.39 is 0 Å². The van der Waals surface area contributed by atoms with Gasteiger partial charge in [0.05, 0.1) is 10.0 Å². The second kappa shape index (κ2) is 8.35. The third-order valence-corrected chi connectivity index (χ3v) is 3.89. The minimum absolute atomic E-state index is 0.187. The Morgan fingerprint density at radius 3 is 2.29 bits per heavy atom. The first-order chi connectivity index (χ1) is 11.6. The normalized spacial score (nSPS) is 9.88. The van der Waals surface area contributed by atoms with E-state index in [2.05, 4.69) is 15.3 Å². The van der Waals surface area contributed by atoms with Gasteiger partial charge in [0.2, 0.25) is 0 Å². The van der Waals surface area contributed by atoms with Gasteiger partial charge in [0.15, 0.2) is 11.4 Å². The molecule has 0 aliphatic carbocycles. The molecule has 24 heavy (non-hydrogen) atoms. The van der Waals surface area contributed by atoms with Gasteiger partial charge in [-0.2, -0.15) is 10.5 Å². The average Bonchev–Trinajstić information content (AvgIpc) is 2.60. The molecule has 2 rings (SSSR count). The maximum Gasteiger partial charge on any atom is 0.161 e. The van der Waals surface area contributed by atoms with Crippen LogP contribution < -0.4 is 10.2 Å². The molecule has 0 radical (unpaired) electrons. The molecule has 0 atom stereocenters. The summed E-state index contributed by atoms with van der Waals surface area (Å²) < 4.78 is 0. The molecule has 8 heteroatoms. The van der Waals surface area contributed by atoms with Crippen LogP contribution in [0.3, 0.4) is 0 Å². The molecule has 2 heterocycles. The topological polar surface area (TPSA) is 88.6 Å². The van der Waals surface area contributed by atoms with E-state index >= 15 is 0 Å². The minimum Gasteiger partial charge on any atom is -0.368 e. The Hall–Kier alpha value is -2.54. The molecule has 0 saturated carbocycles. The van der Waals surface area contributed by atoms with Crippen LogP contribution in [0.2, 0.25) is 10.0 Å². The predicted molar refractivity (Wildman–Crippen MR) is 94.3 cm³/mol. The molecule has 0 unspecified atom stereocenters. The summed E-state index contributed by atoms with van der Waals surface area (Å²) in [6.45, 7) is 3.94. The highest BCUT2D eigenvalue weighted by atomic mass is 35.5. The summed E-state index contributed by atoms with van der Waals surface area (Å²) in [4.78, 5) is 10.4. The standard InChI is InChI=1S/C16H14Cl2N6/c1-2-24(16-6-4-12(18)14(10-20)23-16)8-7-21-15-5-3-11(17)13(9-19)22-15/h3-6H,2,7-8H2,1H3,(H,21,22). The summed E-state index contributed by atoms with van der Waals surface area (Å²) in [6, 6.07) is 10.7. The van der Waals surface area contributed by atoms with Gasteiger partial charge in [0, 0.05) is 19.6 Å². The molecule has 0 bridgehead atoms. The van der Waals surface area contributed by atoms with Gasteiger partial charge < -0.3 is 10.2 Å². The van der Waals surface area contributed by atoms with Crippen LogP contribution in [-0.2, 0) is 0 Å². The fourth-order valence-electron chi connectivity index (χ4n) is 2.06. The highest BCUT2D eigenvalue weighted by Gasteiger charge is 2.09. The number of likely N-dealkylation sites (N-methyl/N-ethyl adjacent to an activating group) is 1. The molecule has 2 aromatic rings. The zero-order valence-electron chi connectivity index (χ0n) is 12.9. The van der Waals surface area contributed by atoms with Crippen LogP contribution in [0.5, 0.6) is 0 Å². The third kappa shape index (κ3) is 4.26. The second-order valence-electron chi connectivity index (χ2n) is 4.76. The Bertz CT molecular complexity index is 809. The Morgan fingerprint density at radius 1 is 1.04 bits per heavy atom. The molecule has 0 aromatic carbocycles. The molecule has 0 aliphatic rings. The first-order valence-corrected chi connectivity index (χ1v) is 7.96. The van der Waals surface area contributed by atoms with Crippen molar-refractivity contribution in [1.29, 1.82) is 10.5 Å². The molecule has 0 amide bonds. The maximum absolute atomic E-state index is 9.02. The van der Waals surface area contributed by atoms with E-state index in [9.17, 15) is 0 Å². The SMILES string of the molecule is CCN(CCNc1ccc(Cl)c(C#N)n1)c1ccc(Cl)c(C#N)n1. The second-order valence-corrected chi connectivity index (χ2v) is 5.57. The summed E-state index contributed by atoms with van der Waals surface area (Å²) in [5.74, 6) is 1.26. The van der Waals surface area contributed by atoms with Gasteiger partial charge in [-0.3, -0.25) is 0 Å². The lowest BCUT2D eigenvalue weighted by molar-refractivity contribution is 0.815. The van der Waals surface area contributed by atoms with Crippen LogP contribution in [-0.4, -0.2) is 29.6 Å². The lowest BCUT2D eigenvalue weighted by atomic mass is 10.3. The van der Waals surface area contributed by atoms with Crippen molar-refractivity contribution in [2.24, 2.45) is 0 Å². The van der Waals surface area contributed by atoms with E-state index in [1.807, 2.05) is 24.0 Å². The van der Waals surface area contributed by atoms with Crippen LogP contribution in [0, 0.1) is 22.7 Å². The highest BCUT2D eigenvalue weighted by molar-refractivity contribution is 6.31. The maximum atomic E-state index is 9.02. The van der Waals surface area contributed by atoms with Crippen molar-refractivity contribution in [2.75, 3.05) is 29.9 Å². The van der Waals surface area contributed by atoms with Crippen LogP contribution in [0.15, 0.2) is 24.3 Å². The van der Waals surface area contributed by atoms with Gasteiger partial charge in [-0.15, -0.1) is 0 Å². The zero-order valence-corrected chi connectivity index (χ0v) is 14.4. The Balaban J connectivity index is 2.02. The number of hydrogen-bond donors (Lipinski definition) is 1. The summed E-state index contributed by atoms with van der Waals surface area (Å²) in [6.07, 6.45) is 0. The number of nitriles is 2. The van der Waals surface area contributed by atoms with Crippen molar-refractivity contribution < 1.29 is 0 Å². The van der Waals surface area contributed by atoms with E-state index in [-0.39, 0.29) is 11.4 Å². The molecular weight excluding hydrogens is 347 g/mol. The molecular formula is C16H14Cl2N6. The van der Waals surface area contributed by atoms with Crippen LogP contribution >= 0.6 is 23.2 Å². The summed E-state index contributed by atoms with van der Waals surface area (Å²) >= 11 is 11.8. The van der Waals surface area contributed by atoms with Gasteiger partial charge in [-0.05, 0) is 31.2 Å². The predicted octanol–water partition coefficient (Wildman–Crippen LogP) is 3.47.